The third-order valence-electron chi connectivity index (χ3n) is 6.68. The molecule has 0 amide bonds. The van der Waals surface area contributed by atoms with Crippen LogP contribution in [0.15, 0.2) is 29.3 Å². The van der Waals surface area contributed by atoms with Gasteiger partial charge < -0.3 is 20.3 Å². The number of aliphatic imine (C=N–C) groups is 1. The average Bonchev–Trinajstić information content (AvgIpc) is 3.32. The smallest absolute Gasteiger partial charge is 0.191 e. The van der Waals surface area contributed by atoms with Gasteiger partial charge in [-0.15, -0.1) is 0 Å². The standard InChI is InChI=1S/C25H43N5O/c1-5-26-25(27-17-21-11-10-16-30(19-21)20(2)3)28-18-23(29-14-8-9-15-29)22-12-6-7-13-24(22)31-4/h6-7,12-13,20-21,23H,5,8-11,14-19H2,1-4H3,(H2,26,27,28). The molecule has 6 heteroatoms. The molecule has 0 aliphatic carbocycles. The third kappa shape index (κ3) is 6.84. The highest BCUT2D eigenvalue weighted by molar-refractivity contribution is 5.79. The van der Waals surface area contributed by atoms with E-state index in [0.29, 0.717) is 12.0 Å². The molecule has 31 heavy (non-hydrogen) atoms. The lowest BCUT2D eigenvalue weighted by atomic mass is 9.97. The summed E-state index contributed by atoms with van der Waals surface area (Å²) in [6, 6.07) is 9.29. The molecule has 174 valence electrons. The summed E-state index contributed by atoms with van der Waals surface area (Å²) in [4.78, 5) is 10.2. The van der Waals surface area contributed by atoms with E-state index in [1.807, 2.05) is 6.07 Å². The number of benzene rings is 1. The number of guanidine groups is 1. The van der Waals surface area contributed by atoms with Crippen LogP contribution in [0.1, 0.15) is 58.1 Å². The van der Waals surface area contributed by atoms with Gasteiger partial charge in [0, 0.05) is 31.2 Å². The molecular weight excluding hydrogens is 386 g/mol. The molecule has 2 aliphatic heterocycles. The monoisotopic (exact) mass is 429 g/mol. The van der Waals surface area contributed by atoms with Crippen LogP contribution in [0.3, 0.4) is 0 Å². The van der Waals surface area contributed by atoms with Crippen molar-refractivity contribution in [1.82, 2.24) is 20.4 Å². The molecule has 2 atom stereocenters. The van der Waals surface area contributed by atoms with Crippen LogP contribution >= 0.6 is 0 Å². The highest BCUT2D eigenvalue weighted by Gasteiger charge is 2.26. The lowest BCUT2D eigenvalue weighted by Gasteiger charge is -2.35. The molecule has 2 unspecified atom stereocenters. The zero-order chi connectivity index (χ0) is 22.1. The zero-order valence-corrected chi connectivity index (χ0v) is 20.1. The lowest BCUT2D eigenvalue weighted by molar-refractivity contribution is 0.141. The minimum absolute atomic E-state index is 0.250. The predicted octanol–water partition coefficient (Wildman–Crippen LogP) is 3.51. The van der Waals surface area contributed by atoms with Gasteiger partial charge in [-0.05, 0) is 78.1 Å². The number of hydrogen-bond acceptors (Lipinski definition) is 4. The van der Waals surface area contributed by atoms with Gasteiger partial charge in [0.15, 0.2) is 5.96 Å². The summed E-state index contributed by atoms with van der Waals surface area (Å²) in [6.45, 7) is 14.0. The molecule has 1 aromatic rings. The molecule has 6 nitrogen and oxygen atoms in total. The van der Waals surface area contributed by atoms with Gasteiger partial charge in [-0.2, -0.15) is 0 Å². The van der Waals surface area contributed by atoms with Crippen molar-refractivity contribution in [1.29, 1.82) is 0 Å². The first-order chi connectivity index (χ1) is 15.1. The SMILES string of the molecule is CCNC(=NCC(c1ccccc1OC)N1CCCC1)NCC1CCCN(C(C)C)C1. The number of hydrogen-bond donors (Lipinski definition) is 2. The Balaban J connectivity index is 1.67. The van der Waals surface area contributed by atoms with Crippen LogP contribution in [0.25, 0.3) is 0 Å². The van der Waals surface area contributed by atoms with Crippen LogP contribution in [-0.2, 0) is 0 Å². The van der Waals surface area contributed by atoms with E-state index in [2.05, 4.69) is 59.4 Å². The summed E-state index contributed by atoms with van der Waals surface area (Å²) < 4.78 is 5.69. The first-order valence-electron chi connectivity index (χ1n) is 12.3. The molecule has 2 aliphatic rings. The van der Waals surface area contributed by atoms with Crippen LogP contribution in [0.5, 0.6) is 5.75 Å². The Morgan fingerprint density at radius 1 is 1.10 bits per heavy atom. The van der Waals surface area contributed by atoms with Gasteiger partial charge in [0.1, 0.15) is 5.75 Å². The van der Waals surface area contributed by atoms with Crippen molar-refractivity contribution in [2.75, 3.05) is 52.9 Å². The Hall–Kier alpha value is -1.79. The van der Waals surface area contributed by atoms with Gasteiger partial charge in [0.05, 0.1) is 19.7 Å². The van der Waals surface area contributed by atoms with E-state index in [9.17, 15) is 0 Å². The van der Waals surface area contributed by atoms with Crippen LogP contribution in [0, 0.1) is 5.92 Å². The molecule has 1 aromatic carbocycles. The molecule has 2 saturated heterocycles. The van der Waals surface area contributed by atoms with Gasteiger partial charge in [-0.1, -0.05) is 18.2 Å². The normalized spacial score (nSPS) is 22.0. The van der Waals surface area contributed by atoms with E-state index in [-0.39, 0.29) is 6.04 Å². The number of nitrogens with one attached hydrogen (secondary N) is 2. The molecular formula is C25H43N5O. The van der Waals surface area contributed by atoms with E-state index in [0.717, 1.165) is 44.4 Å². The fraction of sp³-hybridized carbons (Fsp3) is 0.720. The largest absolute Gasteiger partial charge is 0.496 e. The highest BCUT2D eigenvalue weighted by Crippen LogP contribution is 2.31. The van der Waals surface area contributed by atoms with Crippen molar-refractivity contribution >= 4 is 5.96 Å². The molecule has 3 rings (SSSR count). The molecule has 0 spiro atoms. The first kappa shape index (κ1) is 23.9. The highest BCUT2D eigenvalue weighted by atomic mass is 16.5. The van der Waals surface area contributed by atoms with Gasteiger partial charge in [-0.25, -0.2) is 0 Å². The number of nitrogens with zero attached hydrogens (tertiary/aromatic N) is 3. The lowest BCUT2D eigenvalue weighted by Crippen LogP contribution is -2.46. The summed E-state index contributed by atoms with van der Waals surface area (Å²) in [6.07, 6.45) is 5.12. The molecule has 0 bridgehead atoms. The summed E-state index contributed by atoms with van der Waals surface area (Å²) in [5, 5.41) is 7.10. The fourth-order valence-corrected chi connectivity index (χ4v) is 4.90. The van der Waals surface area contributed by atoms with E-state index in [4.69, 9.17) is 9.73 Å². The van der Waals surface area contributed by atoms with Gasteiger partial charge in [0.2, 0.25) is 0 Å². The minimum atomic E-state index is 0.250. The van der Waals surface area contributed by atoms with E-state index >= 15 is 0 Å². The summed E-state index contributed by atoms with van der Waals surface area (Å²) >= 11 is 0. The van der Waals surface area contributed by atoms with Crippen LogP contribution in [0.4, 0.5) is 0 Å². The minimum Gasteiger partial charge on any atom is -0.496 e. The second kappa shape index (κ2) is 12.3. The maximum atomic E-state index is 5.69. The Morgan fingerprint density at radius 3 is 2.55 bits per heavy atom. The Morgan fingerprint density at radius 2 is 1.84 bits per heavy atom. The Labute approximate surface area is 189 Å². The number of ether oxygens (including phenoxy) is 1. The summed E-state index contributed by atoms with van der Waals surface area (Å²) in [7, 11) is 1.76. The molecule has 0 saturated carbocycles. The average molecular weight is 430 g/mol. The molecule has 0 aromatic heterocycles. The van der Waals surface area contributed by atoms with Crippen LogP contribution < -0.4 is 15.4 Å². The van der Waals surface area contributed by atoms with Gasteiger partial charge in [0.25, 0.3) is 0 Å². The van der Waals surface area contributed by atoms with Gasteiger partial charge >= 0.3 is 0 Å². The second-order valence-corrected chi connectivity index (χ2v) is 9.20. The maximum Gasteiger partial charge on any atom is 0.191 e. The Kier molecular flexibility index (Phi) is 9.47. The number of rotatable bonds is 9. The van der Waals surface area contributed by atoms with Crippen molar-refractivity contribution in [2.24, 2.45) is 10.9 Å². The zero-order valence-electron chi connectivity index (χ0n) is 20.1. The van der Waals surface area contributed by atoms with E-state index in [1.54, 1.807) is 7.11 Å². The van der Waals surface area contributed by atoms with Crippen molar-refractivity contribution < 1.29 is 4.74 Å². The van der Waals surface area contributed by atoms with Crippen molar-refractivity contribution in [3.05, 3.63) is 29.8 Å². The first-order valence-corrected chi connectivity index (χ1v) is 12.3. The Bertz CT molecular complexity index is 686. The molecule has 2 fully saturated rings. The number of para-hydroxylation sites is 1. The molecule has 2 heterocycles. The quantitative estimate of drug-likeness (QED) is 0.465. The number of methoxy groups -OCH3 is 1. The number of piperidine rings is 1. The third-order valence-corrected chi connectivity index (χ3v) is 6.68. The second-order valence-electron chi connectivity index (χ2n) is 9.20. The maximum absolute atomic E-state index is 5.69. The molecule has 2 N–H and O–H groups in total. The van der Waals surface area contributed by atoms with Crippen molar-refractivity contribution in [2.45, 2.75) is 58.5 Å². The summed E-state index contributed by atoms with van der Waals surface area (Å²) in [5.41, 5.74) is 1.24. The van der Waals surface area contributed by atoms with Crippen LogP contribution in [0.2, 0.25) is 0 Å². The molecule has 0 radical (unpaired) electrons. The van der Waals surface area contributed by atoms with Crippen molar-refractivity contribution in [3.63, 3.8) is 0 Å². The van der Waals surface area contributed by atoms with Crippen LogP contribution in [-0.4, -0.2) is 74.7 Å². The van der Waals surface area contributed by atoms with Gasteiger partial charge in [-0.3, -0.25) is 9.89 Å². The predicted molar refractivity (Wildman–Crippen MR) is 130 cm³/mol. The topological polar surface area (TPSA) is 52.1 Å². The van der Waals surface area contributed by atoms with E-state index in [1.165, 1.54) is 44.3 Å². The summed E-state index contributed by atoms with van der Waals surface area (Å²) in [5.74, 6) is 2.58. The van der Waals surface area contributed by atoms with Crippen molar-refractivity contribution in [3.8, 4) is 5.75 Å². The fourth-order valence-electron chi connectivity index (χ4n) is 4.90. The number of likely N-dealkylation sites (tertiary alicyclic amines) is 2. The van der Waals surface area contributed by atoms with E-state index < -0.39 is 0 Å².